The number of phenolic OH excluding ortho intramolecular Hbond substituents is 1. The fourth-order valence-electron chi connectivity index (χ4n) is 3.75. The largest absolute Gasteiger partial charge is 0.507 e. The molecule has 4 aromatic carbocycles. The predicted octanol–water partition coefficient (Wildman–Crippen LogP) is 6.49. The van der Waals surface area contributed by atoms with Gasteiger partial charge < -0.3 is 10.4 Å². The molecular formula is C27H21ClN4O2S. The number of phenols is 1. The quantitative estimate of drug-likeness (QED) is 0.261. The number of carbonyl (C=O) groups excluding carboxylic acids is 1. The molecule has 0 spiro atoms. The summed E-state index contributed by atoms with van der Waals surface area (Å²) in [5.41, 5.74) is 2.97. The minimum Gasteiger partial charge on any atom is -0.507 e. The van der Waals surface area contributed by atoms with Crippen LogP contribution in [0.3, 0.4) is 0 Å². The Morgan fingerprint density at radius 1 is 0.971 bits per heavy atom. The summed E-state index contributed by atoms with van der Waals surface area (Å²) in [5, 5.41) is 25.5. The first-order valence-electron chi connectivity index (χ1n) is 10.9. The van der Waals surface area contributed by atoms with Crippen molar-refractivity contribution in [1.82, 2.24) is 14.8 Å². The summed E-state index contributed by atoms with van der Waals surface area (Å²) in [6.45, 7) is 1.91. The number of aromatic nitrogens is 3. The van der Waals surface area contributed by atoms with Gasteiger partial charge in [0.25, 0.3) is 0 Å². The number of para-hydroxylation sites is 1. The number of nitrogens with zero attached hydrogens (tertiary/aromatic N) is 3. The van der Waals surface area contributed by atoms with Gasteiger partial charge in [-0.2, -0.15) is 0 Å². The molecule has 5 aromatic rings. The van der Waals surface area contributed by atoms with E-state index >= 15 is 0 Å². The highest BCUT2D eigenvalue weighted by atomic mass is 35.5. The lowest BCUT2D eigenvalue weighted by atomic mass is 10.1. The molecule has 1 heterocycles. The first-order chi connectivity index (χ1) is 17.0. The Balaban J connectivity index is 1.47. The Kier molecular flexibility index (Phi) is 6.44. The molecule has 1 aromatic heterocycles. The molecular weight excluding hydrogens is 480 g/mol. The maximum atomic E-state index is 12.6. The van der Waals surface area contributed by atoms with Gasteiger partial charge in [-0.25, -0.2) is 0 Å². The highest BCUT2D eigenvalue weighted by molar-refractivity contribution is 7.99. The lowest BCUT2D eigenvalue weighted by Gasteiger charge is -2.12. The average Bonchev–Trinajstić information content (AvgIpc) is 3.29. The molecule has 6 nitrogen and oxygen atoms in total. The van der Waals surface area contributed by atoms with Gasteiger partial charge in [0.1, 0.15) is 5.75 Å². The summed E-state index contributed by atoms with van der Waals surface area (Å²) in [4.78, 5) is 12.6. The van der Waals surface area contributed by atoms with Crippen LogP contribution in [0.2, 0.25) is 5.02 Å². The highest BCUT2D eigenvalue weighted by Gasteiger charge is 2.20. The molecule has 0 atom stereocenters. The number of carbonyl (C=O) groups is 1. The maximum absolute atomic E-state index is 12.6. The highest BCUT2D eigenvalue weighted by Crippen LogP contribution is 2.35. The fourth-order valence-corrected chi connectivity index (χ4v) is 4.69. The zero-order valence-corrected chi connectivity index (χ0v) is 20.3. The first-order valence-corrected chi connectivity index (χ1v) is 12.3. The van der Waals surface area contributed by atoms with E-state index in [1.54, 1.807) is 12.1 Å². The number of anilines is 1. The van der Waals surface area contributed by atoms with Gasteiger partial charge in [0.15, 0.2) is 11.0 Å². The van der Waals surface area contributed by atoms with Crippen LogP contribution in [0.1, 0.15) is 5.56 Å². The van der Waals surface area contributed by atoms with E-state index in [0.29, 0.717) is 27.3 Å². The molecule has 0 saturated heterocycles. The Labute approximate surface area is 211 Å². The van der Waals surface area contributed by atoms with Crippen molar-refractivity contribution in [2.45, 2.75) is 12.1 Å². The summed E-state index contributed by atoms with van der Waals surface area (Å²) in [6, 6.07) is 26.5. The van der Waals surface area contributed by atoms with E-state index in [4.69, 9.17) is 11.6 Å². The minimum absolute atomic E-state index is 0.110. The van der Waals surface area contributed by atoms with Gasteiger partial charge in [0.2, 0.25) is 5.91 Å². The minimum atomic E-state index is -0.187. The molecule has 1 amide bonds. The van der Waals surface area contributed by atoms with Gasteiger partial charge in [0.05, 0.1) is 11.3 Å². The van der Waals surface area contributed by atoms with E-state index in [2.05, 4.69) is 15.5 Å². The van der Waals surface area contributed by atoms with E-state index in [9.17, 15) is 9.90 Å². The number of halogens is 1. The van der Waals surface area contributed by atoms with Gasteiger partial charge >= 0.3 is 0 Å². The number of amides is 1. The third-order valence-electron chi connectivity index (χ3n) is 5.54. The van der Waals surface area contributed by atoms with Crippen molar-refractivity contribution in [2.24, 2.45) is 0 Å². The van der Waals surface area contributed by atoms with Crippen molar-refractivity contribution >= 4 is 45.7 Å². The lowest BCUT2D eigenvalue weighted by molar-refractivity contribution is -0.113. The van der Waals surface area contributed by atoms with Crippen molar-refractivity contribution < 1.29 is 9.90 Å². The maximum Gasteiger partial charge on any atom is 0.234 e. The third-order valence-corrected chi connectivity index (χ3v) is 6.88. The molecule has 5 rings (SSSR count). The molecule has 0 aliphatic rings. The second kappa shape index (κ2) is 9.82. The molecule has 0 unspecified atom stereocenters. The second-order valence-electron chi connectivity index (χ2n) is 7.99. The molecule has 0 radical (unpaired) electrons. The zero-order chi connectivity index (χ0) is 24.4. The Bertz CT molecular complexity index is 1540. The Morgan fingerprint density at radius 2 is 1.69 bits per heavy atom. The van der Waals surface area contributed by atoms with Crippen molar-refractivity contribution in [3.05, 3.63) is 95.5 Å². The Hall–Kier alpha value is -3.81. The van der Waals surface area contributed by atoms with Gasteiger partial charge in [-0.15, -0.1) is 10.2 Å². The standard InChI is InChI=1S/C27H21ClN4O2S/c1-17-11-12-20(15-23(17)28)29-25(34)16-35-27-31-30-26(32(27)21-9-3-2-4-10-21)22-13-18-7-5-6-8-19(18)14-24(22)33/h2-15,33H,16H2,1H3,(H,29,34). The van der Waals surface area contributed by atoms with E-state index in [1.165, 1.54) is 11.8 Å². The van der Waals surface area contributed by atoms with Crippen LogP contribution in [-0.4, -0.2) is 31.5 Å². The Morgan fingerprint density at radius 3 is 2.43 bits per heavy atom. The molecule has 0 fully saturated rings. The van der Waals surface area contributed by atoms with Crippen LogP contribution in [0.5, 0.6) is 5.75 Å². The molecule has 8 heteroatoms. The molecule has 2 N–H and O–H groups in total. The fraction of sp³-hybridized carbons (Fsp3) is 0.0741. The lowest BCUT2D eigenvalue weighted by Crippen LogP contribution is -2.14. The zero-order valence-electron chi connectivity index (χ0n) is 18.8. The number of hydrogen-bond donors (Lipinski definition) is 2. The smallest absolute Gasteiger partial charge is 0.234 e. The van der Waals surface area contributed by atoms with Crippen LogP contribution in [0, 0.1) is 6.92 Å². The van der Waals surface area contributed by atoms with E-state index in [1.807, 2.05) is 84.3 Å². The molecule has 0 aliphatic heterocycles. The van der Waals surface area contributed by atoms with Crippen molar-refractivity contribution in [3.8, 4) is 22.8 Å². The van der Waals surface area contributed by atoms with Crippen LogP contribution < -0.4 is 5.32 Å². The van der Waals surface area contributed by atoms with Crippen molar-refractivity contribution in [2.75, 3.05) is 11.1 Å². The molecule has 0 saturated carbocycles. The average molecular weight is 501 g/mol. The number of thioether (sulfide) groups is 1. The monoisotopic (exact) mass is 500 g/mol. The number of rotatable bonds is 6. The number of benzene rings is 4. The normalized spacial score (nSPS) is 11.0. The molecule has 174 valence electrons. The van der Waals surface area contributed by atoms with Gasteiger partial charge in [-0.3, -0.25) is 9.36 Å². The van der Waals surface area contributed by atoms with Gasteiger partial charge in [-0.1, -0.05) is 71.9 Å². The topological polar surface area (TPSA) is 80.0 Å². The SMILES string of the molecule is Cc1ccc(NC(=O)CSc2nnc(-c3cc4ccccc4cc3O)n2-c2ccccc2)cc1Cl. The van der Waals surface area contributed by atoms with Crippen LogP contribution in [-0.2, 0) is 4.79 Å². The van der Waals surface area contributed by atoms with Gasteiger partial charge in [0, 0.05) is 16.4 Å². The summed E-state index contributed by atoms with van der Waals surface area (Å²) in [7, 11) is 0. The summed E-state index contributed by atoms with van der Waals surface area (Å²) in [5.74, 6) is 0.541. The van der Waals surface area contributed by atoms with Crippen LogP contribution >= 0.6 is 23.4 Å². The third kappa shape index (κ3) is 4.87. The van der Waals surface area contributed by atoms with Crippen molar-refractivity contribution in [3.63, 3.8) is 0 Å². The first kappa shape index (κ1) is 23.0. The van der Waals surface area contributed by atoms with Crippen LogP contribution in [0.4, 0.5) is 5.69 Å². The molecule has 0 bridgehead atoms. The van der Waals surface area contributed by atoms with Crippen LogP contribution in [0.15, 0.2) is 90.1 Å². The summed E-state index contributed by atoms with van der Waals surface area (Å²) >= 11 is 7.43. The summed E-state index contributed by atoms with van der Waals surface area (Å²) in [6.07, 6.45) is 0. The van der Waals surface area contributed by atoms with E-state index < -0.39 is 0 Å². The van der Waals surface area contributed by atoms with E-state index in [-0.39, 0.29) is 17.4 Å². The number of hydrogen-bond acceptors (Lipinski definition) is 5. The molecule has 0 aliphatic carbocycles. The number of nitrogens with one attached hydrogen (secondary N) is 1. The number of fused-ring (bicyclic) bond motifs is 1. The van der Waals surface area contributed by atoms with E-state index in [0.717, 1.165) is 22.0 Å². The predicted molar refractivity (Wildman–Crippen MR) is 142 cm³/mol. The number of aryl methyl sites for hydroxylation is 1. The van der Waals surface area contributed by atoms with Crippen LogP contribution in [0.25, 0.3) is 27.8 Å². The van der Waals surface area contributed by atoms with Gasteiger partial charge in [-0.05, 0) is 59.7 Å². The summed E-state index contributed by atoms with van der Waals surface area (Å²) < 4.78 is 1.85. The number of aromatic hydroxyl groups is 1. The molecule has 35 heavy (non-hydrogen) atoms. The van der Waals surface area contributed by atoms with Crippen molar-refractivity contribution in [1.29, 1.82) is 0 Å². The second-order valence-corrected chi connectivity index (χ2v) is 9.34.